The number of rotatable bonds is 2. The summed E-state index contributed by atoms with van der Waals surface area (Å²) in [4.78, 5) is 5.48. The third-order valence-electron chi connectivity index (χ3n) is 1.36. The average molecular weight is 193 g/mol. The van der Waals surface area contributed by atoms with E-state index in [-0.39, 0.29) is 0 Å². The van der Waals surface area contributed by atoms with Crippen LogP contribution in [0.1, 0.15) is 0 Å². The second-order valence-electron chi connectivity index (χ2n) is 2.23. The smallest absolute Gasteiger partial charge is 0.101 e. The number of aromatic nitrogens is 1. The minimum atomic E-state index is 1.05. The van der Waals surface area contributed by atoms with E-state index in [4.69, 9.17) is 0 Å². The molecule has 0 bridgehead atoms. The molecule has 0 aromatic carbocycles. The number of hydrogen-bond donors (Lipinski definition) is 0. The molecule has 0 fully saturated rings. The fourth-order valence-electron chi connectivity index (χ4n) is 0.838. The van der Waals surface area contributed by atoms with Gasteiger partial charge in [-0.15, -0.1) is 0 Å². The highest BCUT2D eigenvalue weighted by Gasteiger charge is 1.96. The molecule has 0 saturated heterocycles. The maximum absolute atomic E-state index is 4.22. The summed E-state index contributed by atoms with van der Waals surface area (Å²) in [5.74, 6) is 0. The van der Waals surface area contributed by atoms with Gasteiger partial charge in [-0.05, 0) is 23.6 Å². The zero-order valence-corrected chi connectivity index (χ0v) is 7.94. The van der Waals surface area contributed by atoms with Gasteiger partial charge in [-0.2, -0.15) is 11.3 Å². The molecule has 12 heavy (non-hydrogen) atoms. The average Bonchev–Trinajstić information content (AvgIpc) is 2.59. The molecule has 0 atom stereocenters. The zero-order chi connectivity index (χ0) is 8.23. The zero-order valence-electron chi connectivity index (χ0n) is 6.31. The fourth-order valence-corrected chi connectivity index (χ4v) is 2.44. The number of pyridine rings is 1. The number of hydrogen-bond acceptors (Lipinski definition) is 3. The molecule has 1 nitrogen and oxygen atoms in total. The first-order valence-electron chi connectivity index (χ1n) is 3.56. The van der Waals surface area contributed by atoms with Crippen LogP contribution < -0.4 is 0 Å². The van der Waals surface area contributed by atoms with Gasteiger partial charge in [-0.3, -0.25) is 0 Å². The van der Waals surface area contributed by atoms with Crippen LogP contribution >= 0.6 is 23.1 Å². The Hall–Kier alpha value is -0.800. The lowest BCUT2D eigenvalue weighted by Crippen LogP contribution is -1.74. The van der Waals surface area contributed by atoms with Gasteiger partial charge >= 0.3 is 0 Å². The van der Waals surface area contributed by atoms with Crippen LogP contribution in [0.4, 0.5) is 0 Å². The molecule has 0 amide bonds. The van der Waals surface area contributed by atoms with Crippen LogP contribution in [-0.4, -0.2) is 4.98 Å². The van der Waals surface area contributed by atoms with E-state index >= 15 is 0 Å². The lowest BCUT2D eigenvalue weighted by Gasteiger charge is -1.94. The van der Waals surface area contributed by atoms with E-state index in [1.807, 2.05) is 24.4 Å². The molecule has 3 heteroatoms. The fraction of sp³-hybridized carbons (Fsp3) is 0. The van der Waals surface area contributed by atoms with Crippen molar-refractivity contribution in [3.63, 3.8) is 0 Å². The third kappa shape index (κ3) is 1.87. The maximum atomic E-state index is 4.22. The molecule has 0 aliphatic carbocycles. The Morgan fingerprint density at radius 1 is 1.25 bits per heavy atom. The molecule has 60 valence electrons. The Balaban J connectivity index is 2.15. The standard InChI is InChI=1S/C9H7NS2/c1-2-5-10-9(3-1)12-8-4-6-11-7-8/h1-7H. The van der Waals surface area contributed by atoms with E-state index in [1.165, 1.54) is 4.90 Å². The van der Waals surface area contributed by atoms with E-state index in [2.05, 4.69) is 21.8 Å². The summed E-state index contributed by atoms with van der Waals surface area (Å²) in [7, 11) is 0. The van der Waals surface area contributed by atoms with E-state index < -0.39 is 0 Å². The lowest BCUT2D eigenvalue weighted by molar-refractivity contribution is 1.13. The molecule has 0 aliphatic heterocycles. The second-order valence-corrected chi connectivity index (χ2v) is 4.10. The molecule has 0 spiro atoms. The number of nitrogens with zero attached hydrogens (tertiary/aromatic N) is 1. The van der Waals surface area contributed by atoms with Crippen LogP contribution in [0.2, 0.25) is 0 Å². The Kier molecular flexibility index (Phi) is 2.44. The van der Waals surface area contributed by atoms with Gasteiger partial charge in [-0.1, -0.05) is 17.8 Å². The maximum Gasteiger partial charge on any atom is 0.101 e. The summed E-state index contributed by atoms with van der Waals surface area (Å²) in [6.45, 7) is 0. The molecular weight excluding hydrogens is 186 g/mol. The van der Waals surface area contributed by atoms with E-state index in [9.17, 15) is 0 Å². The molecule has 0 saturated carbocycles. The topological polar surface area (TPSA) is 12.9 Å². The first-order chi connectivity index (χ1) is 5.95. The van der Waals surface area contributed by atoms with Crippen LogP contribution in [0.15, 0.2) is 51.1 Å². The summed E-state index contributed by atoms with van der Waals surface area (Å²) in [5, 5.41) is 5.25. The van der Waals surface area contributed by atoms with Gasteiger partial charge in [0.1, 0.15) is 5.03 Å². The van der Waals surface area contributed by atoms with Gasteiger partial charge in [0.2, 0.25) is 0 Å². The Bertz CT molecular complexity index is 329. The van der Waals surface area contributed by atoms with Crippen molar-refractivity contribution < 1.29 is 0 Å². The van der Waals surface area contributed by atoms with Crippen molar-refractivity contribution in [1.29, 1.82) is 0 Å². The number of thiophene rings is 1. The van der Waals surface area contributed by atoms with E-state index in [0.717, 1.165) is 5.03 Å². The molecule has 0 unspecified atom stereocenters. The largest absolute Gasteiger partial charge is 0.250 e. The summed E-state index contributed by atoms with van der Waals surface area (Å²) in [6.07, 6.45) is 1.81. The quantitative estimate of drug-likeness (QED) is 0.726. The second kappa shape index (κ2) is 3.74. The lowest BCUT2D eigenvalue weighted by atomic mass is 10.5. The van der Waals surface area contributed by atoms with Crippen molar-refractivity contribution in [1.82, 2.24) is 4.98 Å². The van der Waals surface area contributed by atoms with Crippen molar-refractivity contribution in [2.75, 3.05) is 0 Å². The van der Waals surface area contributed by atoms with Crippen molar-refractivity contribution in [2.45, 2.75) is 9.92 Å². The monoisotopic (exact) mass is 193 g/mol. The molecule has 2 rings (SSSR count). The van der Waals surface area contributed by atoms with Gasteiger partial charge in [0.25, 0.3) is 0 Å². The highest BCUT2D eigenvalue weighted by molar-refractivity contribution is 7.99. The van der Waals surface area contributed by atoms with Crippen molar-refractivity contribution in [2.24, 2.45) is 0 Å². The normalized spacial score (nSPS) is 10.0. The first kappa shape index (κ1) is 7.83. The van der Waals surface area contributed by atoms with Gasteiger partial charge in [0.05, 0.1) is 0 Å². The minimum Gasteiger partial charge on any atom is -0.250 e. The Morgan fingerprint density at radius 3 is 2.92 bits per heavy atom. The third-order valence-corrected chi connectivity index (χ3v) is 3.13. The Morgan fingerprint density at radius 2 is 2.25 bits per heavy atom. The van der Waals surface area contributed by atoms with E-state index in [1.54, 1.807) is 23.1 Å². The Labute approximate surface area is 79.5 Å². The van der Waals surface area contributed by atoms with Gasteiger partial charge < -0.3 is 0 Å². The minimum absolute atomic E-state index is 1.05. The van der Waals surface area contributed by atoms with E-state index in [0.29, 0.717) is 0 Å². The van der Waals surface area contributed by atoms with Crippen LogP contribution in [-0.2, 0) is 0 Å². The van der Waals surface area contributed by atoms with Gasteiger partial charge in [0, 0.05) is 16.5 Å². The highest BCUT2D eigenvalue weighted by Crippen LogP contribution is 2.26. The molecule has 2 heterocycles. The van der Waals surface area contributed by atoms with Crippen molar-refractivity contribution in [3.05, 3.63) is 41.2 Å². The summed E-state index contributed by atoms with van der Waals surface area (Å²) < 4.78 is 0. The predicted molar refractivity (Wildman–Crippen MR) is 52.7 cm³/mol. The summed E-state index contributed by atoms with van der Waals surface area (Å²) >= 11 is 3.40. The molecular formula is C9H7NS2. The molecule has 0 N–H and O–H groups in total. The van der Waals surface area contributed by atoms with Crippen LogP contribution in [0.3, 0.4) is 0 Å². The van der Waals surface area contributed by atoms with Crippen LogP contribution in [0.25, 0.3) is 0 Å². The van der Waals surface area contributed by atoms with Crippen molar-refractivity contribution >= 4 is 23.1 Å². The molecule has 2 aromatic heterocycles. The first-order valence-corrected chi connectivity index (χ1v) is 5.32. The predicted octanol–water partition coefficient (Wildman–Crippen LogP) is 3.29. The summed E-state index contributed by atoms with van der Waals surface area (Å²) in [5.41, 5.74) is 0. The SMILES string of the molecule is c1ccc(Sc2ccsc2)nc1. The van der Waals surface area contributed by atoms with Crippen molar-refractivity contribution in [3.8, 4) is 0 Å². The molecule has 2 aromatic rings. The highest BCUT2D eigenvalue weighted by atomic mass is 32.2. The summed E-state index contributed by atoms with van der Waals surface area (Å²) in [6, 6.07) is 8.05. The molecule has 0 aliphatic rings. The molecule has 0 radical (unpaired) electrons. The van der Waals surface area contributed by atoms with Gasteiger partial charge in [0.15, 0.2) is 0 Å². The van der Waals surface area contributed by atoms with Gasteiger partial charge in [-0.25, -0.2) is 4.98 Å². The van der Waals surface area contributed by atoms with Crippen LogP contribution in [0.5, 0.6) is 0 Å². The van der Waals surface area contributed by atoms with Crippen LogP contribution in [0, 0.1) is 0 Å².